The van der Waals surface area contributed by atoms with Gasteiger partial charge in [0, 0.05) is 5.69 Å². The highest BCUT2D eigenvalue weighted by atomic mass is 35.5. The molecule has 2 N–H and O–H groups in total. The monoisotopic (exact) mass is 321 g/mol. The van der Waals surface area contributed by atoms with Crippen LogP contribution in [0.2, 0.25) is 20.1 Å². The predicted molar refractivity (Wildman–Crippen MR) is 77.4 cm³/mol. The van der Waals surface area contributed by atoms with Crippen LogP contribution >= 0.6 is 46.4 Å². The quantitative estimate of drug-likeness (QED) is 0.722. The number of anilines is 1. The van der Waals surface area contributed by atoms with Gasteiger partial charge in [0.15, 0.2) is 5.75 Å². The van der Waals surface area contributed by atoms with E-state index in [4.69, 9.17) is 56.9 Å². The topological polar surface area (TPSA) is 35.2 Å². The second-order valence-electron chi connectivity index (χ2n) is 3.47. The lowest BCUT2D eigenvalue weighted by atomic mass is 10.3. The zero-order chi connectivity index (χ0) is 13.3. The Balaban J connectivity index is 2.43. The minimum Gasteiger partial charge on any atom is -0.453 e. The molecule has 2 aromatic rings. The van der Waals surface area contributed by atoms with E-state index in [2.05, 4.69) is 0 Å². The average Bonchev–Trinajstić information content (AvgIpc) is 2.28. The fourth-order valence-corrected chi connectivity index (χ4v) is 2.26. The number of halogens is 4. The van der Waals surface area contributed by atoms with E-state index in [1.165, 1.54) is 0 Å². The van der Waals surface area contributed by atoms with E-state index in [0.29, 0.717) is 31.5 Å². The van der Waals surface area contributed by atoms with Crippen molar-refractivity contribution in [1.29, 1.82) is 0 Å². The summed E-state index contributed by atoms with van der Waals surface area (Å²) in [5.41, 5.74) is 6.06. The van der Waals surface area contributed by atoms with Crippen LogP contribution in [-0.2, 0) is 0 Å². The summed E-state index contributed by atoms with van der Waals surface area (Å²) in [5.74, 6) is 0.662. The zero-order valence-electron chi connectivity index (χ0n) is 8.88. The van der Waals surface area contributed by atoms with Crippen molar-refractivity contribution < 1.29 is 4.74 Å². The lowest BCUT2D eigenvalue weighted by molar-refractivity contribution is 0.483. The Morgan fingerprint density at radius 1 is 0.889 bits per heavy atom. The van der Waals surface area contributed by atoms with Gasteiger partial charge in [-0.2, -0.15) is 0 Å². The molecule has 0 bridgehead atoms. The number of benzene rings is 2. The predicted octanol–water partition coefficient (Wildman–Crippen LogP) is 5.67. The van der Waals surface area contributed by atoms with Crippen molar-refractivity contribution in [2.24, 2.45) is 0 Å². The Hall–Kier alpha value is -0.800. The van der Waals surface area contributed by atoms with Crippen molar-refractivity contribution in [3.63, 3.8) is 0 Å². The third kappa shape index (κ3) is 2.78. The Bertz CT molecular complexity index is 578. The van der Waals surface area contributed by atoms with Crippen molar-refractivity contribution >= 4 is 52.1 Å². The maximum Gasteiger partial charge on any atom is 0.164 e. The molecule has 2 nitrogen and oxygen atoms in total. The van der Waals surface area contributed by atoms with Crippen LogP contribution in [0.5, 0.6) is 11.5 Å². The molecule has 2 aromatic carbocycles. The van der Waals surface area contributed by atoms with E-state index in [1.807, 2.05) is 0 Å². The van der Waals surface area contributed by atoms with Crippen molar-refractivity contribution in [1.82, 2.24) is 0 Å². The molecule has 2 rings (SSSR count). The van der Waals surface area contributed by atoms with Crippen LogP contribution in [0.3, 0.4) is 0 Å². The third-order valence-corrected chi connectivity index (χ3v) is 3.51. The van der Waals surface area contributed by atoms with E-state index in [9.17, 15) is 0 Å². The molecule has 0 heterocycles. The van der Waals surface area contributed by atoms with E-state index in [-0.39, 0.29) is 5.75 Å². The van der Waals surface area contributed by atoms with Crippen molar-refractivity contribution in [3.05, 3.63) is 50.4 Å². The molecule has 0 aliphatic heterocycles. The lowest BCUT2D eigenvalue weighted by Crippen LogP contribution is -1.91. The molecule has 0 spiro atoms. The second-order valence-corrected chi connectivity index (χ2v) is 5.07. The summed E-state index contributed by atoms with van der Waals surface area (Å²) in [6.45, 7) is 0. The number of nitrogen functional groups attached to an aromatic ring is 1. The smallest absolute Gasteiger partial charge is 0.164 e. The van der Waals surface area contributed by atoms with Gasteiger partial charge in [0.05, 0.1) is 15.1 Å². The first kappa shape index (κ1) is 13.6. The van der Waals surface area contributed by atoms with Crippen LogP contribution in [0, 0.1) is 0 Å². The van der Waals surface area contributed by atoms with Gasteiger partial charge in [-0.15, -0.1) is 0 Å². The molecule has 0 aromatic heterocycles. The van der Waals surface area contributed by atoms with Gasteiger partial charge in [0.1, 0.15) is 10.8 Å². The van der Waals surface area contributed by atoms with Crippen LogP contribution in [0.1, 0.15) is 0 Å². The summed E-state index contributed by atoms with van der Waals surface area (Å²) >= 11 is 23.9. The molecular formula is C12H7Cl4NO. The number of ether oxygens (including phenoxy) is 1. The number of rotatable bonds is 2. The molecule has 6 heteroatoms. The maximum absolute atomic E-state index is 6.01. The van der Waals surface area contributed by atoms with Gasteiger partial charge in [-0.3, -0.25) is 0 Å². The molecular weight excluding hydrogens is 316 g/mol. The molecule has 0 fully saturated rings. The lowest BCUT2D eigenvalue weighted by Gasteiger charge is -2.12. The maximum atomic E-state index is 6.01. The molecule has 94 valence electrons. The highest BCUT2D eigenvalue weighted by molar-refractivity contribution is 6.43. The van der Waals surface area contributed by atoms with E-state index in [0.717, 1.165) is 0 Å². The zero-order valence-corrected chi connectivity index (χ0v) is 11.9. The van der Waals surface area contributed by atoms with Gasteiger partial charge in [-0.1, -0.05) is 52.5 Å². The highest BCUT2D eigenvalue weighted by Gasteiger charge is 2.13. The first-order valence-electron chi connectivity index (χ1n) is 4.85. The van der Waals surface area contributed by atoms with Gasteiger partial charge in [0.2, 0.25) is 0 Å². The summed E-state index contributed by atoms with van der Waals surface area (Å²) < 4.78 is 5.57. The SMILES string of the molecule is Nc1cc(Cl)c(Oc2cccc(Cl)c2Cl)c(Cl)c1. The Morgan fingerprint density at radius 3 is 2.11 bits per heavy atom. The molecule has 0 saturated carbocycles. The van der Waals surface area contributed by atoms with Gasteiger partial charge >= 0.3 is 0 Å². The number of hydrogen-bond acceptors (Lipinski definition) is 2. The highest BCUT2D eigenvalue weighted by Crippen LogP contribution is 2.41. The van der Waals surface area contributed by atoms with Crippen LogP contribution < -0.4 is 10.5 Å². The van der Waals surface area contributed by atoms with Crippen molar-refractivity contribution in [2.45, 2.75) is 0 Å². The Kier molecular flexibility index (Phi) is 4.13. The Labute approximate surface area is 124 Å². The Morgan fingerprint density at radius 2 is 1.50 bits per heavy atom. The van der Waals surface area contributed by atoms with Crippen LogP contribution in [0.15, 0.2) is 30.3 Å². The summed E-state index contributed by atoms with van der Waals surface area (Å²) in [6.07, 6.45) is 0. The first-order valence-corrected chi connectivity index (χ1v) is 6.36. The van der Waals surface area contributed by atoms with Gasteiger partial charge in [-0.25, -0.2) is 0 Å². The standard InChI is InChI=1S/C12H7Cl4NO/c13-7-2-1-3-10(11(7)16)18-12-8(14)4-6(17)5-9(12)15/h1-5H,17H2. The third-order valence-electron chi connectivity index (χ3n) is 2.15. The minimum atomic E-state index is 0.289. The molecule has 0 unspecified atom stereocenters. The van der Waals surface area contributed by atoms with Crippen LogP contribution in [-0.4, -0.2) is 0 Å². The number of nitrogens with two attached hydrogens (primary N) is 1. The van der Waals surface area contributed by atoms with Crippen molar-refractivity contribution in [3.8, 4) is 11.5 Å². The van der Waals surface area contributed by atoms with E-state index in [1.54, 1.807) is 30.3 Å². The molecule has 0 radical (unpaired) electrons. The fourth-order valence-electron chi connectivity index (χ4n) is 1.35. The van der Waals surface area contributed by atoms with Gasteiger partial charge < -0.3 is 10.5 Å². The molecule has 0 amide bonds. The molecule has 0 aliphatic carbocycles. The van der Waals surface area contributed by atoms with Crippen LogP contribution in [0.25, 0.3) is 0 Å². The minimum absolute atomic E-state index is 0.289. The first-order chi connectivity index (χ1) is 8.49. The van der Waals surface area contributed by atoms with Gasteiger partial charge in [0.25, 0.3) is 0 Å². The summed E-state index contributed by atoms with van der Waals surface area (Å²) in [7, 11) is 0. The largest absolute Gasteiger partial charge is 0.453 e. The summed E-state index contributed by atoms with van der Waals surface area (Å²) in [4.78, 5) is 0. The number of hydrogen-bond donors (Lipinski definition) is 1. The van der Waals surface area contributed by atoms with E-state index < -0.39 is 0 Å². The summed E-state index contributed by atoms with van der Waals surface area (Å²) in [6, 6.07) is 8.12. The average molecular weight is 323 g/mol. The van der Waals surface area contributed by atoms with Gasteiger partial charge in [-0.05, 0) is 24.3 Å². The molecule has 0 atom stereocenters. The summed E-state index contributed by atoms with van der Waals surface area (Å²) in [5, 5.41) is 1.28. The normalized spacial score (nSPS) is 10.4. The van der Waals surface area contributed by atoms with E-state index >= 15 is 0 Å². The van der Waals surface area contributed by atoms with Crippen molar-refractivity contribution in [2.75, 3.05) is 5.73 Å². The molecule has 0 aliphatic rings. The van der Waals surface area contributed by atoms with Crippen LogP contribution in [0.4, 0.5) is 5.69 Å². The molecule has 0 saturated heterocycles. The molecule has 18 heavy (non-hydrogen) atoms. The second kappa shape index (κ2) is 5.45. The fraction of sp³-hybridized carbons (Fsp3) is 0.